The molecule has 0 aliphatic heterocycles. The van der Waals surface area contributed by atoms with Gasteiger partial charge in [0.2, 0.25) is 0 Å². The lowest BCUT2D eigenvalue weighted by molar-refractivity contribution is 0.0939. The highest BCUT2D eigenvalue weighted by Gasteiger charge is 2.19. The van der Waals surface area contributed by atoms with Gasteiger partial charge in [-0.25, -0.2) is 0 Å². The molecule has 0 bridgehead atoms. The van der Waals surface area contributed by atoms with Crippen molar-refractivity contribution in [1.82, 2.24) is 30.2 Å². The molecule has 0 saturated heterocycles. The molecule has 3 rings (SSSR count). The first-order chi connectivity index (χ1) is 13.5. The zero-order valence-corrected chi connectivity index (χ0v) is 17.3. The lowest BCUT2D eigenvalue weighted by Gasteiger charge is -2.31. The Morgan fingerprint density at radius 2 is 2.14 bits per heavy atom. The Kier molecular flexibility index (Phi) is 6.67. The summed E-state index contributed by atoms with van der Waals surface area (Å²) in [5, 5.41) is 14.7. The Labute approximate surface area is 167 Å². The van der Waals surface area contributed by atoms with Crippen molar-refractivity contribution in [3.05, 3.63) is 35.8 Å². The van der Waals surface area contributed by atoms with E-state index in [0.717, 1.165) is 29.2 Å². The molecule has 1 amide bonds. The number of carbonyl (C=O) groups is 1. The zero-order chi connectivity index (χ0) is 20.1. The maximum atomic E-state index is 12.5. The highest BCUT2D eigenvalue weighted by molar-refractivity contribution is 5.93. The summed E-state index contributed by atoms with van der Waals surface area (Å²) in [4.78, 5) is 14.9. The van der Waals surface area contributed by atoms with E-state index in [1.165, 1.54) is 32.1 Å². The fourth-order valence-corrected chi connectivity index (χ4v) is 4.08. The quantitative estimate of drug-likeness (QED) is 0.686. The number of H-pyrrole nitrogens is 1. The maximum absolute atomic E-state index is 12.5. The SMILES string of the molecule is C=CCn1nc(C)c(-c2cc(C(=O)NCCN(C)C3CCCCC3)[nH]n2)c1C. The van der Waals surface area contributed by atoms with Crippen molar-refractivity contribution in [3.8, 4) is 11.3 Å². The number of allylic oxidation sites excluding steroid dienone is 1. The molecule has 2 aromatic heterocycles. The third-order valence-corrected chi connectivity index (χ3v) is 5.71. The second kappa shape index (κ2) is 9.19. The molecular formula is C21H32N6O. The largest absolute Gasteiger partial charge is 0.349 e. The normalized spacial score (nSPS) is 15.1. The van der Waals surface area contributed by atoms with Crippen LogP contribution in [-0.4, -0.2) is 57.0 Å². The Bertz CT molecular complexity index is 815. The Balaban J connectivity index is 1.58. The molecule has 28 heavy (non-hydrogen) atoms. The van der Waals surface area contributed by atoms with E-state index in [1.54, 1.807) is 6.07 Å². The van der Waals surface area contributed by atoms with Crippen LogP contribution in [0.3, 0.4) is 0 Å². The molecule has 1 saturated carbocycles. The standard InChI is InChI=1S/C21H32N6O/c1-5-12-27-16(3)20(15(2)25-27)18-14-19(24-23-18)21(28)22-11-13-26(4)17-9-7-6-8-10-17/h5,14,17H,1,6-13H2,2-4H3,(H,22,28)(H,23,24). The lowest BCUT2D eigenvalue weighted by atomic mass is 9.94. The van der Waals surface area contributed by atoms with Crippen LogP contribution in [0, 0.1) is 13.8 Å². The van der Waals surface area contributed by atoms with Gasteiger partial charge in [-0.1, -0.05) is 25.3 Å². The number of nitrogens with one attached hydrogen (secondary N) is 2. The minimum Gasteiger partial charge on any atom is -0.349 e. The van der Waals surface area contributed by atoms with Crippen LogP contribution in [0.25, 0.3) is 11.3 Å². The summed E-state index contributed by atoms with van der Waals surface area (Å²) in [6, 6.07) is 2.46. The number of aromatic amines is 1. The van der Waals surface area contributed by atoms with Crippen molar-refractivity contribution in [2.45, 2.75) is 58.5 Å². The van der Waals surface area contributed by atoms with E-state index in [9.17, 15) is 4.79 Å². The van der Waals surface area contributed by atoms with Crippen LogP contribution in [0.1, 0.15) is 54.0 Å². The molecule has 1 aliphatic rings. The molecule has 2 N–H and O–H groups in total. The summed E-state index contributed by atoms with van der Waals surface area (Å²) < 4.78 is 1.90. The summed E-state index contributed by atoms with van der Waals surface area (Å²) in [7, 11) is 2.16. The number of aryl methyl sites for hydroxylation is 1. The number of rotatable bonds is 8. The number of carbonyl (C=O) groups excluding carboxylic acids is 1. The highest BCUT2D eigenvalue weighted by atomic mass is 16.1. The average Bonchev–Trinajstić information content (AvgIpc) is 3.27. The van der Waals surface area contributed by atoms with Gasteiger partial charge in [0.25, 0.3) is 5.91 Å². The van der Waals surface area contributed by atoms with Crippen LogP contribution in [-0.2, 0) is 6.54 Å². The first-order valence-corrected chi connectivity index (χ1v) is 10.2. The van der Waals surface area contributed by atoms with Crippen molar-refractivity contribution < 1.29 is 4.79 Å². The van der Waals surface area contributed by atoms with Gasteiger partial charge in [-0.05, 0) is 39.8 Å². The fourth-order valence-electron chi connectivity index (χ4n) is 4.08. The van der Waals surface area contributed by atoms with Crippen molar-refractivity contribution >= 4 is 5.91 Å². The van der Waals surface area contributed by atoms with Crippen LogP contribution >= 0.6 is 0 Å². The van der Waals surface area contributed by atoms with Crippen molar-refractivity contribution in [2.24, 2.45) is 0 Å². The molecule has 1 fully saturated rings. The second-order valence-electron chi connectivity index (χ2n) is 7.71. The zero-order valence-electron chi connectivity index (χ0n) is 17.3. The van der Waals surface area contributed by atoms with Crippen molar-refractivity contribution in [3.63, 3.8) is 0 Å². The summed E-state index contributed by atoms with van der Waals surface area (Å²) in [6.07, 6.45) is 8.35. The third-order valence-electron chi connectivity index (χ3n) is 5.71. The molecule has 152 valence electrons. The summed E-state index contributed by atoms with van der Waals surface area (Å²) in [6.45, 7) is 9.88. The Morgan fingerprint density at radius 1 is 1.39 bits per heavy atom. The highest BCUT2D eigenvalue weighted by Crippen LogP contribution is 2.26. The van der Waals surface area contributed by atoms with Crippen LogP contribution in [0.15, 0.2) is 18.7 Å². The van der Waals surface area contributed by atoms with Gasteiger partial charge in [0.1, 0.15) is 5.69 Å². The van der Waals surface area contributed by atoms with E-state index in [2.05, 4.69) is 39.1 Å². The molecule has 7 nitrogen and oxygen atoms in total. The number of hydrogen-bond donors (Lipinski definition) is 2. The van der Waals surface area contributed by atoms with E-state index < -0.39 is 0 Å². The molecule has 0 aromatic carbocycles. The molecule has 0 unspecified atom stereocenters. The van der Waals surface area contributed by atoms with Gasteiger partial charge in [0, 0.05) is 30.4 Å². The predicted octanol–water partition coefficient (Wildman–Crippen LogP) is 3.07. The first kappa shape index (κ1) is 20.3. The molecule has 0 atom stereocenters. The lowest BCUT2D eigenvalue weighted by Crippen LogP contribution is -2.39. The van der Waals surface area contributed by atoms with Gasteiger partial charge in [-0.3, -0.25) is 14.6 Å². The van der Waals surface area contributed by atoms with Gasteiger partial charge < -0.3 is 10.2 Å². The molecule has 2 aromatic rings. The van der Waals surface area contributed by atoms with Crippen LogP contribution in [0.2, 0.25) is 0 Å². The van der Waals surface area contributed by atoms with Gasteiger partial charge in [0.15, 0.2) is 0 Å². The number of aromatic nitrogens is 4. The van der Waals surface area contributed by atoms with Crippen LogP contribution in [0.5, 0.6) is 0 Å². The van der Waals surface area contributed by atoms with Crippen LogP contribution < -0.4 is 5.32 Å². The van der Waals surface area contributed by atoms with Crippen molar-refractivity contribution in [2.75, 3.05) is 20.1 Å². The summed E-state index contributed by atoms with van der Waals surface area (Å²) in [5.74, 6) is -0.121. The van der Waals surface area contributed by atoms with Crippen LogP contribution in [0.4, 0.5) is 0 Å². The maximum Gasteiger partial charge on any atom is 0.269 e. The fraction of sp³-hybridized carbons (Fsp3) is 0.571. The number of hydrogen-bond acceptors (Lipinski definition) is 4. The van der Waals surface area contributed by atoms with E-state index >= 15 is 0 Å². The minimum atomic E-state index is -0.121. The number of likely N-dealkylation sites (N-methyl/N-ethyl adjacent to an activating group) is 1. The molecular weight excluding hydrogens is 352 g/mol. The van der Waals surface area contributed by atoms with Gasteiger partial charge in [-0.15, -0.1) is 6.58 Å². The molecule has 1 aliphatic carbocycles. The molecule has 0 radical (unpaired) electrons. The number of amides is 1. The number of nitrogens with zero attached hydrogens (tertiary/aromatic N) is 4. The van der Waals surface area contributed by atoms with Gasteiger partial charge in [-0.2, -0.15) is 10.2 Å². The topological polar surface area (TPSA) is 78.8 Å². The van der Waals surface area contributed by atoms with Gasteiger partial charge in [0.05, 0.1) is 17.9 Å². The monoisotopic (exact) mass is 384 g/mol. The molecule has 0 spiro atoms. The average molecular weight is 385 g/mol. The predicted molar refractivity (Wildman–Crippen MR) is 111 cm³/mol. The molecule has 2 heterocycles. The van der Waals surface area contributed by atoms with E-state index in [0.29, 0.717) is 24.8 Å². The van der Waals surface area contributed by atoms with E-state index in [-0.39, 0.29) is 5.91 Å². The van der Waals surface area contributed by atoms with Gasteiger partial charge >= 0.3 is 0 Å². The Hall–Kier alpha value is -2.41. The molecule has 7 heteroatoms. The Morgan fingerprint density at radius 3 is 2.86 bits per heavy atom. The van der Waals surface area contributed by atoms with Crippen molar-refractivity contribution in [1.29, 1.82) is 0 Å². The first-order valence-electron chi connectivity index (χ1n) is 10.2. The van der Waals surface area contributed by atoms with E-state index in [4.69, 9.17) is 0 Å². The van der Waals surface area contributed by atoms with E-state index in [1.807, 2.05) is 24.6 Å². The minimum absolute atomic E-state index is 0.121. The second-order valence-corrected chi connectivity index (χ2v) is 7.71. The third kappa shape index (κ3) is 4.52. The smallest absolute Gasteiger partial charge is 0.269 e. The summed E-state index contributed by atoms with van der Waals surface area (Å²) >= 11 is 0. The summed E-state index contributed by atoms with van der Waals surface area (Å²) in [5.41, 5.74) is 4.10.